The van der Waals surface area contributed by atoms with E-state index in [0.717, 1.165) is 0 Å². The molecule has 2 aliphatic rings. The summed E-state index contributed by atoms with van der Waals surface area (Å²) in [6.45, 7) is 0. The summed E-state index contributed by atoms with van der Waals surface area (Å²) < 4.78 is 2.24. The van der Waals surface area contributed by atoms with Crippen molar-refractivity contribution in [1.82, 2.24) is 4.58 Å². The Balaban J connectivity index is 2.33. The van der Waals surface area contributed by atoms with E-state index in [4.69, 9.17) is 0 Å². The van der Waals surface area contributed by atoms with Crippen molar-refractivity contribution in [1.29, 1.82) is 0 Å². The van der Waals surface area contributed by atoms with Gasteiger partial charge in [0.05, 0.1) is 5.22 Å². The fourth-order valence-electron chi connectivity index (χ4n) is 2.52. The second-order valence-corrected chi connectivity index (χ2v) is 4.17. The summed E-state index contributed by atoms with van der Waals surface area (Å²) in [6.07, 6.45) is 8.61. The quantitative estimate of drug-likeness (QED) is 0.573. The van der Waals surface area contributed by atoms with Crippen molar-refractivity contribution in [3.8, 4) is 0 Å². The first-order chi connectivity index (χ1) is 7.93. The molecule has 0 aliphatic carbocycles. The van der Waals surface area contributed by atoms with Gasteiger partial charge in [0.25, 0.3) is 0 Å². The molecule has 0 saturated heterocycles. The number of hydrogen-bond donors (Lipinski definition) is 0. The highest BCUT2D eigenvalue weighted by Gasteiger charge is 2.20. The van der Waals surface area contributed by atoms with Crippen LogP contribution in [0.3, 0.4) is 0 Å². The molecule has 0 radical (unpaired) electrons. The van der Waals surface area contributed by atoms with E-state index in [0.29, 0.717) is 0 Å². The Bertz CT molecular complexity index is 792. The van der Waals surface area contributed by atoms with E-state index in [1.54, 1.807) is 0 Å². The molecular formula is C15H10N+. The van der Waals surface area contributed by atoms with Gasteiger partial charge in [0.2, 0.25) is 11.1 Å². The minimum Gasteiger partial charge on any atom is -0.160 e. The SMILES string of the molecule is C1=C[N+]2=c3ccc4ccccc4c3=CC2=C1. The molecule has 1 heteroatoms. The lowest BCUT2D eigenvalue weighted by Gasteiger charge is -1.94. The Morgan fingerprint density at radius 2 is 1.88 bits per heavy atom. The molecule has 2 heterocycles. The van der Waals surface area contributed by atoms with Gasteiger partial charge in [-0.3, -0.25) is 0 Å². The predicted octanol–water partition coefficient (Wildman–Crippen LogP) is 1.54. The van der Waals surface area contributed by atoms with E-state index < -0.39 is 0 Å². The van der Waals surface area contributed by atoms with Crippen LogP contribution in [0.15, 0.2) is 60.4 Å². The number of fused-ring (bicyclic) bond motifs is 4. The van der Waals surface area contributed by atoms with Crippen molar-refractivity contribution in [2.24, 2.45) is 0 Å². The number of nitrogens with zero attached hydrogens (tertiary/aromatic N) is 1. The average molecular weight is 204 g/mol. The maximum absolute atomic E-state index is 2.26. The maximum atomic E-state index is 2.26. The number of rotatable bonds is 0. The van der Waals surface area contributed by atoms with E-state index in [1.807, 2.05) is 0 Å². The molecular weight excluding hydrogens is 194 g/mol. The molecule has 0 saturated carbocycles. The van der Waals surface area contributed by atoms with Crippen molar-refractivity contribution >= 4 is 16.8 Å². The lowest BCUT2D eigenvalue weighted by atomic mass is 10.1. The summed E-state index contributed by atoms with van der Waals surface area (Å²) in [5.74, 6) is 0. The standard InChI is InChI=1S/C15H10N/c1-2-6-13-11(4-1)7-8-15-14(13)10-12-5-3-9-16(12)15/h1-10H/q+1. The zero-order valence-electron chi connectivity index (χ0n) is 8.72. The molecule has 16 heavy (non-hydrogen) atoms. The third-order valence-electron chi connectivity index (χ3n) is 3.28. The fourth-order valence-corrected chi connectivity index (χ4v) is 2.52. The predicted molar refractivity (Wildman–Crippen MR) is 66.1 cm³/mol. The minimum atomic E-state index is 1.27. The van der Waals surface area contributed by atoms with E-state index >= 15 is 0 Å². The molecule has 2 aliphatic heterocycles. The molecule has 1 nitrogen and oxygen atoms in total. The molecule has 0 bridgehead atoms. The first-order valence-corrected chi connectivity index (χ1v) is 5.48. The summed E-state index contributed by atoms with van der Waals surface area (Å²) in [4.78, 5) is 0. The van der Waals surface area contributed by atoms with Crippen LogP contribution < -0.4 is 15.2 Å². The molecule has 0 amide bonds. The van der Waals surface area contributed by atoms with Crippen LogP contribution in [0.4, 0.5) is 0 Å². The summed E-state index contributed by atoms with van der Waals surface area (Å²) in [5.41, 5.74) is 1.27. The van der Waals surface area contributed by atoms with Gasteiger partial charge >= 0.3 is 0 Å². The molecule has 0 unspecified atom stereocenters. The number of hydrogen-bond acceptors (Lipinski definition) is 0. The number of benzene rings is 2. The van der Waals surface area contributed by atoms with Crippen LogP contribution in [-0.4, -0.2) is 0 Å². The average Bonchev–Trinajstić information content (AvgIpc) is 2.88. The van der Waals surface area contributed by atoms with Gasteiger partial charge in [-0.05, 0) is 16.8 Å². The van der Waals surface area contributed by atoms with E-state index in [9.17, 15) is 0 Å². The molecule has 2 aromatic rings. The molecule has 0 aromatic heterocycles. The fraction of sp³-hybridized carbons (Fsp3) is 0. The molecule has 2 aromatic carbocycles. The zero-order valence-corrected chi connectivity index (χ0v) is 8.72. The Morgan fingerprint density at radius 3 is 2.88 bits per heavy atom. The van der Waals surface area contributed by atoms with Crippen molar-refractivity contribution in [3.05, 3.63) is 71.0 Å². The molecule has 4 rings (SSSR count). The van der Waals surface area contributed by atoms with Crippen LogP contribution in [0.1, 0.15) is 0 Å². The highest BCUT2D eigenvalue weighted by molar-refractivity contribution is 5.85. The van der Waals surface area contributed by atoms with Gasteiger partial charge in [0.1, 0.15) is 0 Å². The third-order valence-corrected chi connectivity index (χ3v) is 3.28. The summed E-state index contributed by atoms with van der Waals surface area (Å²) in [6, 6.07) is 12.9. The van der Waals surface area contributed by atoms with Gasteiger partial charge in [0.15, 0.2) is 6.20 Å². The van der Waals surface area contributed by atoms with Gasteiger partial charge < -0.3 is 0 Å². The first-order valence-electron chi connectivity index (χ1n) is 5.48. The second kappa shape index (κ2) is 2.70. The van der Waals surface area contributed by atoms with Crippen molar-refractivity contribution in [2.75, 3.05) is 0 Å². The second-order valence-electron chi connectivity index (χ2n) is 4.17. The maximum Gasteiger partial charge on any atom is 0.219 e. The van der Waals surface area contributed by atoms with E-state index in [1.165, 1.54) is 27.0 Å². The Kier molecular flexibility index (Phi) is 1.36. The molecule has 0 fully saturated rings. The van der Waals surface area contributed by atoms with Gasteiger partial charge in [-0.15, -0.1) is 0 Å². The lowest BCUT2D eigenvalue weighted by Crippen LogP contribution is -2.30. The molecule has 0 N–H and O–H groups in total. The van der Waals surface area contributed by atoms with Gasteiger partial charge in [-0.25, -0.2) is 0 Å². The monoisotopic (exact) mass is 204 g/mol. The Hall–Kier alpha value is -2.15. The van der Waals surface area contributed by atoms with Gasteiger partial charge in [-0.2, -0.15) is 4.58 Å². The number of allylic oxidation sites excluding steroid dienone is 3. The van der Waals surface area contributed by atoms with Crippen LogP contribution in [0.25, 0.3) is 16.8 Å². The lowest BCUT2D eigenvalue weighted by molar-refractivity contribution is 0.951. The van der Waals surface area contributed by atoms with Crippen LogP contribution in [0, 0.1) is 0 Å². The van der Waals surface area contributed by atoms with Crippen LogP contribution in [0.2, 0.25) is 0 Å². The molecule has 0 spiro atoms. The highest BCUT2D eigenvalue weighted by atomic mass is 15.0. The summed E-state index contributed by atoms with van der Waals surface area (Å²) in [7, 11) is 0. The van der Waals surface area contributed by atoms with Crippen molar-refractivity contribution in [2.45, 2.75) is 0 Å². The summed E-state index contributed by atoms with van der Waals surface area (Å²) >= 11 is 0. The summed E-state index contributed by atoms with van der Waals surface area (Å²) in [5, 5.41) is 5.28. The third kappa shape index (κ3) is 0.878. The van der Waals surface area contributed by atoms with Gasteiger partial charge in [-0.1, -0.05) is 24.3 Å². The van der Waals surface area contributed by atoms with Crippen LogP contribution in [-0.2, 0) is 0 Å². The van der Waals surface area contributed by atoms with Gasteiger partial charge in [0, 0.05) is 24.3 Å². The van der Waals surface area contributed by atoms with Crippen LogP contribution in [0.5, 0.6) is 0 Å². The topological polar surface area (TPSA) is 3.01 Å². The molecule has 0 atom stereocenters. The van der Waals surface area contributed by atoms with Crippen LogP contribution >= 0.6 is 0 Å². The van der Waals surface area contributed by atoms with E-state index in [-0.39, 0.29) is 0 Å². The van der Waals surface area contributed by atoms with E-state index in [2.05, 4.69) is 65.4 Å². The van der Waals surface area contributed by atoms with Crippen molar-refractivity contribution in [3.63, 3.8) is 0 Å². The smallest absolute Gasteiger partial charge is 0.160 e. The Labute approximate surface area is 93.0 Å². The van der Waals surface area contributed by atoms with Crippen molar-refractivity contribution < 1.29 is 0 Å². The first kappa shape index (κ1) is 8.05. The Morgan fingerprint density at radius 1 is 0.938 bits per heavy atom. The largest absolute Gasteiger partial charge is 0.219 e. The zero-order chi connectivity index (χ0) is 10.5. The normalized spacial score (nSPS) is 16.0. The highest BCUT2D eigenvalue weighted by Crippen LogP contribution is 2.12. The molecule has 74 valence electrons. The minimum absolute atomic E-state index is 1.27.